The van der Waals surface area contributed by atoms with Gasteiger partial charge in [0.2, 0.25) is 0 Å². The topological polar surface area (TPSA) is 162 Å². The fourth-order valence-electron chi connectivity index (χ4n) is 3.22. The van der Waals surface area contributed by atoms with Crippen molar-refractivity contribution in [2.45, 2.75) is 30.5 Å². The van der Waals surface area contributed by atoms with Crippen LogP contribution in [0.5, 0.6) is 0 Å². The minimum absolute atomic E-state index is 0.000360. The Morgan fingerprint density at radius 2 is 1.80 bits per heavy atom. The maximum atomic E-state index is 12.3. The van der Waals surface area contributed by atoms with E-state index in [1.165, 1.54) is 24.4 Å². The number of nitrogen functional groups attached to an aromatic ring is 1. The molecule has 0 radical (unpaired) electrons. The molecule has 6 N–H and O–H groups in total. The lowest BCUT2D eigenvalue weighted by atomic mass is 10.1. The van der Waals surface area contributed by atoms with Crippen LogP contribution in [0.1, 0.15) is 30.7 Å². The summed E-state index contributed by atoms with van der Waals surface area (Å²) in [7, 11) is -3.40. The molecule has 3 aromatic rings. The smallest absolute Gasteiger partial charge is 0.180 e. The third-order valence-corrected chi connectivity index (χ3v) is 7.48. The first kappa shape index (κ1) is 26.0. The number of hydrogen-bond acceptors (Lipinski definition) is 9. The Hall–Kier alpha value is -3.60. The highest BCUT2D eigenvalue weighted by Gasteiger charge is 2.19. The van der Waals surface area contributed by atoms with Crippen LogP contribution < -0.4 is 11.1 Å². The fraction of sp³-hybridized carbons (Fsp3) is 0.240. The van der Waals surface area contributed by atoms with Gasteiger partial charge in [-0.05, 0) is 37.1 Å². The quantitative estimate of drug-likeness (QED) is 0.163. The number of aliphatic hydroxyl groups is 2. The summed E-state index contributed by atoms with van der Waals surface area (Å²) in [4.78, 5) is 8.71. The molecule has 0 aliphatic carbocycles. The highest BCUT2D eigenvalue weighted by Crippen LogP contribution is 2.24. The van der Waals surface area contributed by atoms with Crippen LogP contribution in [0.4, 0.5) is 5.82 Å². The van der Waals surface area contributed by atoms with Gasteiger partial charge in [0.15, 0.2) is 15.7 Å². The molecule has 0 atom stereocenters. The largest absolute Gasteiger partial charge is 0.505 e. The molecular weight excluding hydrogens is 466 g/mol. The molecule has 9 nitrogen and oxygen atoms in total. The van der Waals surface area contributed by atoms with Gasteiger partial charge in [0.05, 0.1) is 34.4 Å². The Morgan fingerprint density at radius 3 is 2.40 bits per heavy atom. The van der Waals surface area contributed by atoms with E-state index in [0.717, 1.165) is 5.56 Å². The summed E-state index contributed by atoms with van der Waals surface area (Å²) in [6.45, 7) is 4.40. The Kier molecular flexibility index (Phi) is 8.34. The molecule has 2 aromatic carbocycles. The third kappa shape index (κ3) is 6.30. The van der Waals surface area contributed by atoms with Gasteiger partial charge in [-0.3, -0.25) is 0 Å². The maximum Gasteiger partial charge on any atom is 0.180 e. The predicted octanol–water partition coefficient (Wildman–Crippen LogP) is 2.96. The zero-order valence-corrected chi connectivity index (χ0v) is 20.4. The molecule has 10 heteroatoms. The number of sulfone groups is 1. The van der Waals surface area contributed by atoms with E-state index in [-0.39, 0.29) is 34.5 Å². The molecule has 0 bridgehead atoms. The van der Waals surface area contributed by atoms with Crippen LogP contribution in [-0.2, 0) is 16.4 Å². The molecule has 1 heterocycles. The summed E-state index contributed by atoms with van der Waals surface area (Å²) in [5, 5.41) is 30.3. The Balaban J connectivity index is 1.82. The number of nitrogens with one attached hydrogen (secondary N) is 2. The Bertz CT molecular complexity index is 1320. The number of anilines is 1. The minimum atomic E-state index is -3.40. The van der Waals surface area contributed by atoms with Crippen LogP contribution in [0.25, 0.3) is 17.0 Å². The van der Waals surface area contributed by atoms with Crippen LogP contribution in [0.2, 0.25) is 0 Å². The van der Waals surface area contributed by atoms with Crippen LogP contribution in [0.15, 0.2) is 65.7 Å². The van der Waals surface area contributed by atoms with Crippen molar-refractivity contribution in [2.75, 3.05) is 18.9 Å². The van der Waals surface area contributed by atoms with Crippen molar-refractivity contribution in [3.8, 4) is 11.3 Å². The number of nitrogens with zero attached hydrogens (tertiary/aromatic N) is 2. The second-order valence-electron chi connectivity index (χ2n) is 8.15. The van der Waals surface area contributed by atoms with Crippen molar-refractivity contribution in [1.29, 1.82) is 5.41 Å². The zero-order valence-electron chi connectivity index (χ0n) is 19.6. The van der Waals surface area contributed by atoms with Gasteiger partial charge in [-0.25, -0.2) is 18.4 Å². The average molecular weight is 496 g/mol. The number of rotatable bonds is 10. The van der Waals surface area contributed by atoms with Gasteiger partial charge in [-0.2, -0.15) is 0 Å². The molecular formula is C25H29N5O4S. The van der Waals surface area contributed by atoms with Crippen molar-refractivity contribution < 1.29 is 18.6 Å². The number of benzene rings is 2. The third-order valence-electron chi connectivity index (χ3n) is 5.31. The van der Waals surface area contributed by atoms with E-state index in [9.17, 15) is 13.5 Å². The molecule has 1 aromatic heterocycles. The van der Waals surface area contributed by atoms with Gasteiger partial charge in [0, 0.05) is 24.7 Å². The monoisotopic (exact) mass is 495 g/mol. The standard InChI is InChI=1S/C25H29N5O4S/c1-16(2)35(33,34)20-9-7-19(8-10-20)22-15-29-25(27)24(30-22)23(32)13-21(26)18-5-3-17(4-6-18)14-28-11-12-31/h3-10,13,15-16,26,28,31-32H,11-12,14H2,1-2H3,(H2,27,29)/b23-13-,26-21?. The molecule has 0 aliphatic rings. The average Bonchev–Trinajstić information content (AvgIpc) is 2.84. The van der Waals surface area contributed by atoms with Crippen LogP contribution in [-0.4, -0.2) is 52.7 Å². The summed E-state index contributed by atoms with van der Waals surface area (Å²) < 4.78 is 24.7. The summed E-state index contributed by atoms with van der Waals surface area (Å²) >= 11 is 0. The number of aromatic nitrogens is 2. The molecule has 0 saturated heterocycles. The molecule has 0 spiro atoms. The summed E-state index contributed by atoms with van der Waals surface area (Å²) in [6, 6.07) is 13.5. The van der Waals surface area contributed by atoms with Crippen molar-refractivity contribution in [1.82, 2.24) is 15.3 Å². The first-order chi connectivity index (χ1) is 16.6. The molecule has 0 unspecified atom stereocenters. The first-order valence-electron chi connectivity index (χ1n) is 11.0. The number of allylic oxidation sites excluding steroid dienone is 1. The van der Waals surface area contributed by atoms with Crippen molar-refractivity contribution >= 4 is 27.1 Å². The highest BCUT2D eigenvalue weighted by molar-refractivity contribution is 7.92. The molecule has 0 amide bonds. The van der Waals surface area contributed by atoms with E-state index in [2.05, 4.69) is 15.3 Å². The van der Waals surface area contributed by atoms with Crippen LogP contribution >= 0.6 is 0 Å². The molecule has 0 saturated carbocycles. The van der Waals surface area contributed by atoms with Gasteiger partial charge < -0.3 is 26.7 Å². The number of aliphatic hydroxyl groups excluding tert-OH is 2. The Morgan fingerprint density at radius 1 is 1.14 bits per heavy atom. The number of hydrogen-bond donors (Lipinski definition) is 5. The lowest BCUT2D eigenvalue weighted by Gasteiger charge is -2.10. The fourth-order valence-corrected chi connectivity index (χ4v) is 4.28. The van der Waals surface area contributed by atoms with E-state index in [0.29, 0.717) is 29.9 Å². The van der Waals surface area contributed by atoms with Crippen LogP contribution in [0.3, 0.4) is 0 Å². The van der Waals surface area contributed by atoms with Gasteiger partial charge in [-0.15, -0.1) is 0 Å². The normalized spacial score (nSPS) is 12.2. The Labute approximate surface area is 204 Å². The summed E-state index contributed by atoms with van der Waals surface area (Å²) in [5.41, 5.74) is 8.60. The van der Waals surface area contributed by atoms with E-state index in [4.69, 9.17) is 16.2 Å². The zero-order chi connectivity index (χ0) is 25.6. The van der Waals surface area contributed by atoms with Gasteiger partial charge in [0.25, 0.3) is 0 Å². The lowest BCUT2D eigenvalue weighted by Crippen LogP contribution is -2.17. The minimum Gasteiger partial charge on any atom is -0.505 e. The summed E-state index contributed by atoms with van der Waals surface area (Å²) in [5.74, 6) is -0.311. The van der Waals surface area contributed by atoms with Gasteiger partial charge in [0.1, 0.15) is 11.5 Å². The van der Waals surface area contributed by atoms with E-state index in [1.54, 1.807) is 38.1 Å². The first-order valence-corrected chi connectivity index (χ1v) is 12.6. The number of nitrogens with two attached hydrogens (primary N) is 1. The van der Waals surface area contributed by atoms with E-state index in [1.807, 2.05) is 12.1 Å². The highest BCUT2D eigenvalue weighted by atomic mass is 32.2. The second kappa shape index (κ2) is 11.2. The second-order valence-corrected chi connectivity index (χ2v) is 10.7. The summed E-state index contributed by atoms with van der Waals surface area (Å²) in [6.07, 6.45) is 2.69. The molecule has 3 rings (SSSR count). The predicted molar refractivity (Wildman–Crippen MR) is 137 cm³/mol. The van der Waals surface area contributed by atoms with Gasteiger partial charge >= 0.3 is 0 Å². The molecule has 184 valence electrons. The van der Waals surface area contributed by atoms with Gasteiger partial charge in [-0.1, -0.05) is 36.4 Å². The van der Waals surface area contributed by atoms with Crippen molar-refractivity contribution in [3.63, 3.8) is 0 Å². The SMILES string of the molecule is CC(C)S(=O)(=O)c1ccc(-c2cnc(N)c(/C(O)=C/C(=N)c3ccc(CNCCO)cc3)n2)cc1. The lowest BCUT2D eigenvalue weighted by molar-refractivity contribution is 0.292. The maximum absolute atomic E-state index is 12.3. The molecule has 0 fully saturated rings. The van der Waals surface area contributed by atoms with E-state index >= 15 is 0 Å². The van der Waals surface area contributed by atoms with Crippen LogP contribution in [0, 0.1) is 5.41 Å². The van der Waals surface area contributed by atoms with Crippen molar-refractivity contribution in [3.05, 3.63) is 77.6 Å². The van der Waals surface area contributed by atoms with E-state index < -0.39 is 15.1 Å². The molecule has 0 aliphatic heterocycles. The molecule has 35 heavy (non-hydrogen) atoms. The van der Waals surface area contributed by atoms with Crippen molar-refractivity contribution in [2.24, 2.45) is 0 Å².